The van der Waals surface area contributed by atoms with Gasteiger partial charge in [-0.3, -0.25) is 4.79 Å². The van der Waals surface area contributed by atoms with Gasteiger partial charge in [-0.25, -0.2) is 0 Å². The molecule has 0 spiro atoms. The summed E-state index contributed by atoms with van der Waals surface area (Å²) in [6.07, 6.45) is 8.14. The van der Waals surface area contributed by atoms with Gasteiger partial charge in [0.15, 0.2) is 0 Å². The minimum Gasteiger partial charge on any atom is -0.355 e. The van der Waals surface area contributed by atoms with E-state index in [0.717, 1.165) is 24.6 Å². The van der Waals surface area contributed by atoms with E-state index in [4.69, 9.17) is 0 Å². The molecule has 1 saturated carbocycles. The van der Waals surface area contributed by atoms with Crippen molar-refractivity contribution in [2.45, 2.75) is 45.4 Å². The molecule has 0 unspecified atom stereocenters. The molecule has 1 aliphatic rings. The molecule has 2 nitrogen and oxygen atoms in total. The van der Waals surface area contributed by atoms with Gasteiger partial charge in [-0.15, -0.1) is 0 Å². The number of carbonyl (C=O) groups is 1. The van der Waals surface area contributed by atoms with Crippen molar-refractivity contribution in [3.63, 3.8) is 0 Å². The molecule has 1 amide bonds. The van der Waals surface area contributed by atoms with Gasteiger partial charge in [-0.1, -0.05) is 32.6 Å². The normalized spacial score (nSPS) is 16.9. The Kier molecular flexibility index (Phi) is 6.90. The van der Waals surface area contributed by atoms with Crippen molar-refractivity contribution in [2.24, 2.45) is 5.92 Å². The molecule has 1 rings (SSSR count). The third kappa shape index (κ3) is 6.08. The number of hydrogen-bond donors (Lipinski definition) is 1. The molecule has 0 aliphatic heterocycles. The molecule has 0 aromatic carbocycles. The van der Waals surface area contributed by atoms with Crippen LogP contribution in [-0.2, 0) is 4.79 Å². The average molecular weight is 229 g/mol. The van der Waals surface area contributed by atoms with Crippen LogP contribution in [0.15, 0.2) is 0 Å². The molecule has 0 radical (unpaired) electrons. The second-order valence-electron chi connectivity index (χ2n) is 4.28. The van der Waals surface area contributed by atoms with E-state index in [1.165, 1.54) is 32.1 Å². The number of carbonyl (C=O) groups excluding carboxylic acids is 1. The monoisotopic (exact) mass is 229 g/mol. The number of rotatable bonds is 7. The highest BCUT2D eigenvalue weighted by Gasteiger charge is 2.13. The Morgan fingerprint density at radius 3 is 2.80 bits per heavy atom. The molecule has 88 valence electrons. The van der Waals surface area contributed by atoms with Crippen LogP contribution >= 0.6 is 11.8 Å². The second kappa shape index (κ2) is 8.03. The van der Waals surface area contributed by atoms with Crippen molar-refractivity contribution in [3.8, 4) is 0 Å². The highest BCUT2D eigenvalue weighted by atomic mass is 32.2. The van der Waals surface area contributed by atoms with E-state index < -0.39 is 0 Å². The van der Waals surface area contributed by atoms with Gasteiger partial charge >= 0.3 is 0 Å². The van der Waals surface area contributed by atoms with Crippen molar-refractivity contribution < 1.29 is 4.79 Å². The van der Waals surface area contributed by atoms with Gasteiger partial charge in [-0.05, 0) is 24.5 Å². The first-order valence-electron chi connectivity index (χ1n) is 6.17. The maximum atomic E-state index is 11.3. The lowest BCUT2D eigenvalue weighted by Crippen LogP contribution is -2.26. The summed E-state index contributed by atoms with van der Waals surface area (Å²) in [7, 11) is 0. The summed E-state index contributed by atoms with van der Waals surface area (Å²) in [6, 6.07) is 0. The Morgan fingerprint density at radius 2 is 2.13 bits per heavy atom. The van der Waals surface area contributed by atoms with Crippen LogP contribution in [0.3, 0.4) is 0 Å². The number of hydrogen-bond acceptors (Lipinski definition) is 2. The highest BCUT2D eigenvalue weighted by molar-refractivity contribution is 7.99. The Bertz CT molecular complexity index is 178. The van der Waals surface area contributed by atoms with Crippen molar-refractivity contribution in [1.29, 1.82) is 0 Å². The lowest BCUT2D eigenvalue weighted by atomic mass is 10.0. The van der Waals surface area contributed by atoms with Gasteiger partial charge < -0.3 is 5.32 Å². The Balaban J connectivity index is 1.89. The van der Waals surface area contributed by atoms with Crippen molar-refractivity contribution in [1.82, 2.24) is 5.32 Å². The van der Waals surface area contributed by atoms with Gasteiger partial charge in [0, 0.05) is 6.54 Å². The third-order valence-corrected chi connectivity index (χ3v) is 3.90. The van der Waals surface area contributed by atoms with Crippen LogP contribution in [0.4, 0.5) is 0 Å². The van der Waals surface area contributed by atoms with Crippen LogP contribution in [0.25, 0.3) is 0 Å². The molecule has 0 aromatic rings. The minimum atomic E-state index is 0.202. The van der Waals surface area contributed by atoms with Gasteiger partial charge in [0.2, 0.25) is 5.91 Å². The smallest absolute Gasteiger partial charge is 0.229 e. The van der Waals surface area contributed by atoms with E-state index in [1.54, 1.807) is 11.8 Å². The third-order valence-electron chi connectivity index (χ3n) is 3.02. The lowest BCUT2D eigenvalue weighted by molar-refractivity contribution is -0.118. The van der Waals surface area contributed by atoms with Gasteiger partial charge in [0.1, 0.15) is 0 Å². The van der Waals surface area contributed by atoms with E-state index in [1.807, 2.05) is 0 Å². The molecule has 15 heavy (non-hydrogen) atoms. The van der Waals surface area contributed by atoms with Gasteiger partial charge in [-0.2, -0.15) is 11.8 Å². The van der Waals surface area contributed by atoms with Gasteiger partial charge in [0.05, 0.1) is 5.75 Å². The predicted molar refractivity (Wildman–Crippen MR) is 67.2 cm³/mol. The van der Waals surface area contributed by atoms with E-state index in [9.17, 15) is 4.79 Å². The molecule has 3 heteroatoms. The quantitative estimate of drug-likeness (QED) is 0.680. The SMILES string of the molecule is CCSCC(=O)NCCCC1CCCC1. The zero-order valence-corrected chi connectivity index (χ0v) is 10.6. The van der Waals surface area contributed by atoms with Crippen molar-refractivity contribution in [3.05, 3.63) is 0 Å². The van der Waals surface area contributed by atoms with E-state index in [-0.39, 0.29) is 5.91 Å². The number of nitrogens with one attached hydrogen (secondary N) is 1. The fourth-order valence-corrected chi connectivity index (χ4v) is 2.65. The largest absolute Gasteiger partial charge is 0.355 e. The molecule has 1 N–H and O–H groups in total. The van der Waals surface area contributed by atoms with Crippen LogP contribution in [0.1, 0.15) is 45.4 Å². The van der Waals surface area contributed by atoms with Crippen molar-refractivity contribution >= 4 is 17.7 Å². The molecule has 0 saturated heterocycles. The number of thioether (sulfide) groups is 1. The maximum Gasteiger partial charge on any atom is 0.229 e. The zero-order chi connectivity index (χ0) is 10.9. The summed E-state index contributed by atoms with van der Waals surface area (Å²) in [4.78, 5) is 11.3. The van der Waals surface area contributed by atoms with Crippen LogP contribution < -0.4 is 5.32 Å². The van der Waals surface area contributed by atoms with Crippen molar-refractivity contribution in [2.75, 3.05) is 18.1 Å². The highest BCUT2D eigenvalue weighted by Crippen LogP contribution is 2.28. The summed E-state index contributed by atoms with van der Waals surface area (Å²) in [6.45, 7) is 2.96. The molecule has 1 fully saturated rings. The van der Waals surface area contributed by atoms with Crippen LogP contribution in [0.5, 0.6) is 0 Å². The molecule has 0 bridgehead atoms. The van der Waals surface area contributed by atoms with Crippen LogP contribution in [0.2, 0.25) is 0 Å². The summed E-state index contributed by atoms with van der Waals surface area (Å²) < 4.78 is 0. The molecular weight excluding hydrogens is 206 g/mol. The summed E-state index contributed by atoms with van der Waals surface area (Å²) in [5, 5.41) is 2.98. The van der Waals surface area contributed by atoms with Crippen LogP contribution in [0, 0.1) is 5.92 Å². The topological polar surface area (TPSA) is 29.1 Å². The zero-order valence-electron chi connectivity index (χ0n) is 9.76. The molecule has 1 aliphatic carbocycles. The first-order chi connectivity index (χ1) is 7.33. The lowest BCUT2D eigenvalue weighted by Gasteiger charge is -2.09. The fourth-order valence-electron chi connectivity index (χ4n) is 2.16. The van der Waals surface area contributed by atoms with E-state index >= 15 is 0 Å². The predicted octanol–water partition coefficient (Wildman–Crippen LogP) is 2.83. The molecule has 0 atom stereocenters. The maximum absolute atomic E-state index is 11.3. The first kappa shape index (κ1) is 12.9. The molecule has 0 heterocycles. The van der Waals surface area contributed by atoms with E-state index in [2.05, 4.69) is 12.2 Å². The summed E-state index contributed by atoms with van der Waals surface area (Å²) >= 11 is 1.69. The van der Waals surface area contributed by atoms with E-state index in [0.29, 0.717) is 5.75 Å². The second-order valence-corrected chi connectivity index (χ2v) is 5.55. The summed E-state index contributed by atoms with van der Waals surface area (Å²) in [5.74, 6) is 2.80. The number of amides is 1. The average Bonchev–Trinajstić information content (AvgIpc) is 2.74. The molecule has 0 aromatic heterocycles. The van der Waals surface area contributed by atoms with Gasteiger partial charge in [0.25, 0.3) is 0 Å². The van der Waals surface area contributed by atoms with Crippen LogP contribution in [-0.4, -0.2) is 24.0 Å². The molecular formula is C12H23NOS. The Morgan fingerprint density at radius 1 is 1.40 bits per heavy atom. The standard InChI is InChI=1S/C12H23NOS/c1-2-15-10-12(14)13-9-5-8-11-6-3-4-7-11/h11H,2-10H2,1H3,(H,13,14). The Hall–Kier alpha value is -0.180. The minimum absolute atomic E-state index is 0.202. The fraction of sp³-hybridized carbons (Fsp3) is 0.917. The first-order valence-corrected chi connectivity index (χ1v) is 7.33. The Labute approximate surface area is 97.6 Å². The summed E-state index contributed by atoms with van der Waals surface area (Å²) in [5.41, 5.74) is 0.